The van der Waals surface area contributed by atoms with Crippen LogP contribution < -0.4 is 0 Å². The standard InChI is InChI=1S/C17H13F3O5S/c18-17(19,20)14(9-26(22,23)24)25-16(21)15-12-7-3-1-5-10(12)11-6-2-4-8-13(11)15/h1-8,14-15H,9H2,(H,22,23,24). The number of benzene rings is 2. The molecule has 26 heavy (non-hydrogen) atoms. The first kappa shape index (κ1) is 18.4. The van der Waals surface area contributed by atoms with Gasteiger partial charge in [-0.3, -0.25) is 9.35 Å². The van der Waals surface area contributed by atoms with Gasteiger partial charge in [-0.05, 0) is 22.3 Å². The number of hydrogen-bond donors (Lipinski definition) is 1. The summed E-state index contributed by atoms with van der Waals surface area (Å²) in [5.41, 5.74) is 2.35. The second kappa shape index (κ2) is 6.40. The third-order valence-electron chi connectivity index (χ3n) is 4.05. The average molecular weight is 386 g/mol. The van der Waals surface area contributed by atoms with Gasteiger partial charge < -0.3 is 4.74 Å². The average Bonchev–Trinajstić information content (AvgIpc) is 2.86. The molecular weight excluding hydrogens is 373 g/mol. The van der Waals surface area contributed by atoms with Gasteiger partial charge in [0.15, 0.2) is 0 Å². The van der Waals surface area contributed by atoms with Crippen molar-refractivity contribution >= 4 is 16.1 Å². The molecule has 2 aromatic carbocycles. The Bertz CT molecular complexity index is 907. The molecule has 0 fully saturated rings. The molecule has 1 aliphatic rings. The normalized spacial score (nSPS) is 15.2. The Hall–Kier alpha value is -2.39. The second-order valence-corrected chi connectivity index (χ2v) is 7.32. The third kappa shape index (κ3) is 3.58. The minimum Gasteiger partial charge on any atom is -0.451 e. The number of hydrogen-bond acceptors (Lipinski definition) is 4. The van der Waals surface area contributed by atoms with E-state index in [4.69, 9.17) is 4.55 Å². The van der Waals surface area contributed by atoms with E-state index in [-0.39, 0.29) is 0 Å². The van der Waals surface area contributed by atoms with E-state index in [0.29, 0.717) is 22.3 Å². The molecule has 5 nitrogen and oxygen atoms in total. The first-order valence-corrected chi connectivity index (χ1v) is 9.09. The minimum atomic E-state index is -5.14. The van der Waals surface area contributed by atoms with Crippen molar-refractivity contribution in [3.05, 3.63) is 59.7 Å². The molecule has 0 amide bonds. The van der Waals surface area contributed by atoms with Crippen molar-refractivity contribution in [2.24, 2.45) is 0 Å². The van der Waals surface area contributed by atoms with E-state index in [0.717, 1.165) is 0 Å². The van der Waals surface area contributed by atoms with E-state index in [2.05, 4.69) is 4.74 Å². The van der Waals surface area contributed by atoms with Crippen molar-refractivity contribution in [1.29, 1.82) is 0 Å². The van der Waals surface area contributed by atoms with Gasteiger partial charge in [0, 0.05) is 0 Å². The summed E-state index contributed by atoms with van der Waals surface area (Å²) in [6, 6.07) is 13.4. The van der Waals surface area contributed by atoms with Gasteiger partial charge >= 0.3 is 12.1 Å². The van der Waals surface area contributed by atoms with Gasteiger partial charge in [0.05, 0.1) is 0 Å². The van der Waals surface area contributed by atoms with Crippen LogP contribution in [-0.4, -0.2) is 37.0 Å². The van der Waals surface area contributed by atoms with E-state index in [9.17, 15) is 26.4 Å². The summed E-state index contributed by atoms with van der Waals surface area (Å²) >= 11 is 0. The van der Waals surface area contributed by atoms with Crippen LogP contribution in [0.3, 0.4) is 0 Å². The fourth-order valence-electron chi connectivity index (χ4n) is 3.00. The van der Waals surface area contributed by atoms with Crippen LogP contribution in [0.4, 0.5) is 13.2 Å². The Kier molecular flexibility index (Phi) is 4.53. The fraction of sp³-hybridized carbons (Fsp3) is 0.235. The van der Waals surface area contributed by atoms with Crippen LogP contribution in [-0.2, 0) is 19.6 Å². The lowest BCUT2D eigenvalue weighted by molar-refractivity contribution is -0.215. The highest BCUT2D eigenvalue weighted by atomic mass is 32.2. The molecule has 1 unspecified atom stereocenters. The molecule has 0 saturated heterocycles. The quantitative estimate of drug-likeness (QED) is 0.645. The Morgan fingerprint density at radius 1 is 1.04 bits per heavy atom. The van der Waals surface area contributed by atoms with Gasteiger partial charge in [-0.25, -0.2) is 0 Å². The van der Waals surface area contributed by atoms with Crippen LogP contribution in [0.1, 0.15) is 17.0 Å². The van der Waals surface area contributed by atoms with Crippen LogP contribution >= 0.6 is 0 Å². The first-order chi connectivity index (χ1) is 12.1. The first-order valence-electron chi connectivity index (χ1n) is 7.48. The SMILES string of the molecule is O=C(OC(CS(=O)(=O)O)C(F)(F)F)C1c2ccccc2-c2ccccc21. The molecule has 0 spiro atoms. The highest BCUT2D eigenvalue weighted by Gasteiger charge is 2.47. The van der Waals surface area contributed by atoms with E-state index in [1.54, 1.807) is 48.5 Å². The second-order valence-electron chi connectivity index (χ2n) is 5.82. The zero-order valence-electron chi connectivity index (χ0n) is 13.1. The highest BCUT2D eigenvalue weighted by Crippen LogP contribution is 2.45. The molecule has 3 rings (SSSR count). The summed E-state index contributed by atoms with van der Waals surface area (Å²) in [5.74, 6) is -4.08. The van der Waals surface area contributed by atoms with Crippen LogP contribution in [0.2, 0.25) is 0 Å². The molecule has 9 heteroatoms. The predicted octanol–water partition coefficient (Wildman–Crippen LogP) is 3.16. The van der Waals surface area contributed by atoms with Gasteiger partial charge in [-0.1, -0.05) is 48.5 Å². The maximum absolute atomic E-state index is 13.0. The Morgan fingerprint density at radius 2 is 1.50 bits per heavy atom. The number of alkyl halides is 3. The lowest BCUT2D eigenvalue weighted by Gasteiger charge is -2.22. The topological polar surface area (TPSA) is 80.7 Å². The highest BCUT2D eigenvalue weighted by molar-refractivity contribution is 7.85. The van der Waals surface area contributed by atoms with Crippen LogP contribution in [0.15, 0.2) is 48.5 Å². The van der Waals surface area contributed by atoms with Crippen molar-refractivity contribution in [2.75, 3.05) is 5.75 Å². The molecule has 0 bridgehead atoms. The van der Waals surface area contributed by atoms with Crippen LogP contribution in [0.5, 0.6) is 0 Å². The number of fused-ring (bicyclic) bond motifs is 3. The monoisotopic (exact) mass is 386 g/mol. The number of halogens is 3. The number of ether oxygens (including phenoxy) is 1. The molecule has 138 valence electrons. The van der Waals surface area contributed by atoms with Gasteiger partial charge in [-0.15, -0.1) is 0 Å². The van der Waals surface area contributed by atoms with Crippen molar-refractivity contribution in [3.8, 4) is 11.1 Å². The summed E-state index contributed by atoms with van der Waals surface area (Å²) in [6.45, 7) is 0. The smallest absolute Gasteiger partial charge is 0.426 e. The number of carbonyl (C=O) groups is 1. The molecule has 0 aromatic heterocycles. The molecule has 0 aliphatic heterocycles. The van der Waals surface area contributed by atoms with E-state index < -0.39 is 40.0 Å². The van der Waals surface area contributed by atoms with E-state index in [1.807, 2.05) is 0 Å². The summed E-state index contributed by atoms with van der Waals surface area (Å²) in [7, 11) is -4.99. The fourth-order valence-corrected chi connectivity index (χ4v) is 3.64. The van der Waals surface area contributed by atoms with E-state index in [1.165, 1.54) is 0 Å². The third-order valence-corrected chi connectivity index (χ3v) is 4.78. The van der Waals surface area contributed by atoms with Gasteiger partial charge in [0.1, 0.15) is 11.7 Å². The molecule has 1 N–H and O–H groups in total. The van der Waals surface area contributed by atoms with Gasteiger partial charge in [-0.2, -0.15) is 21.6 Å². The Morgan fingerprint density at radius 3 is 1.92 bits per heavy atom. The summed E-state index contributed by atoms with van der Waals surface area (Å²) in [4.78, 5) is 12.5. The summed E-state index contributed by atoms with van der Waals surface area (Å²) in [6.07, 6.45) is -8.09. The van der Waals surface area contributed by atoms with Crippen molar-refractivity contribution in [3.63, 3.8) is 0 Å². The summed E-state index contributed by atoms with van der Waals surface area (Å²) < 4.78 is 74.0. The zero-order valence-corrected chi connectivity index (χ0v) is 13.9. The Labute approximate surface area is 147 Å². The molecule has 2 aromatic rings. The maximum atomic E-state index is 13.0. The van der Waals surface area contributed by atoms with Crippen molar-refractivity contribution in [2.45, 2.75) is 18.2 Å². The number of rotatable bonds is 4. The summed E-state index contributed by atoms with van der Waals surface area (Å²) in [5, 5.41) is 0. The molecule has 1 atom stereocenters. The van der Waals surface area contributed by atoms with Gasteiger partial charge in [0.2, 0.25) is 6.10 Å². The van der Waals surface area contributed by atoms with Gasteiger partial charge in [0.25, 0.3) is 10.1 Å². The largest absolute Gasteiger partial charge is 0.451 e. The lowest BCUT2D eigenvalue weighted by atomic mass is 9.97. The molecule has 0 heterocycles. The van der Waals surface area contributed by atoms with Crippen molar-refractivity contribution in [1.82, 2.24) is 0 Å². The molecule has 0 saturated carbocycles. The lowest BCUT2D eigenvalue weighted by Crippen LogP contribution is -2.40. The number of esters is 1. The van der Waals surface area contributed by atoms with Crippen LogP contribution in [0, 0.1) is 0 Å². The Balaban J connectivity index is 1.97. The zero-order chi connectivity index (χ0) is 19.1. The minimum absolute atomic E-state index is 0.478. The maximum Gasteiger partial charge on any atom is 0.426 e. The molecular formula is C17H13F3O5S. The van der Waals surface area contributed by atoms with Crippen molar-refractivity contribution < 1.29 is 35.7 Å². The molecule has 0 radical (unpaired) electrons. The number of carbonyl (C=O) groups excluding carboxylic acids is 1. The molecule has 1 aliphatic carbocycles. The van der Waals surface area contributed by atoms with Crippen LogP contribution in [0.25, 0.3) is 11.1 Å². The van der Waals surface area contributed by atoms with E-state index >= 15 is 0 Å². The predicted molar refractivity (Wildman–Crippen MR) is 86.1 cm³/mol.